The standard InChI is InChI=1S/C13H16N2O3/c1-18-13(17)15-11-4-2-9(3-5-11)8-12(16)14-10-6-7-10/h2-5,10H,6-8H2,1H3,(H,14,16)(H,15,17). The maximum absolute atomic E-state index is 11.6. The van der Waals surface area contributed by atoms with Gasteiger partial charge in [0.15, 0.2) is 0 Å². The Balaban J connectivity index is 1.86. The molecule has 0 bridgehead atoms. The largest absolute Gasteiger partial charge is 0.453 e. The molecule has 0 radical (unpaired) electrons. The van der Waals surface area contributed by atoms with Gasteiger partial charge in [-0.05, 0) is 30.5 Å². The van der Waals surface area contributed by atoms with E-state index >= 15 is 0 Å². The number of anilines is 1. The molecule has 0 saturated heterocycles. The molecule has 96 valence electrons. The third-order valence-electron chi connectivity index (χ3n) is 2.69. The van der Waals surface area contributed by atoms with E-state index in [9.17, 15) is 9.59 Å². The fourth-order valence-corrected chi connectivity index (χ4v) is 1.57. The molecule has 1 aliphatic carbocycles. The summed E-state index contributed by atoms with van der Waals surface area (Å²) in [6, 6.07) is 7.51. The molecule has 5 nitrogen and oxygen atoms in total. The minimum absolute atomic E-state index is 0.0474. The lowest BCUT2D eigenvalue weighted by molar-refractivity contribution is -0.120. The van der Waals surface area contributed by atoms with E-state index in [2.05, 4.69) is 15.4 Å². The van der Waals surface area contributed by atoms with Crippen molar-refractivity contribution < 1.29 is 14.3 Å². The Morgan fingerprint density at radius 2 is 1.94 bits per heavy atom. The summed E-state index contributed by atoms with van der Waals surface area (Å²) >= 11 is 0. The maximum Gasteiger partial charge on any atom is 0.411 e. The van der Waals surface area contributed by atoms with Crippen LogP contribution < -0.4 is 10.6 Å². The molecule has 18 heavy (non-hydrogen) atoms. The summed E-state index contributed by atoms with van der Waals surface area (Å²) in [5, 5.41) is 5.48. The Kier molecular flexibility index (Phi) is 3.82. The lowest BCUT2D eigenvalue weighted by atomic mass is 10.1. The quantitative estimate of drug-likeness (QED) is 0.852. The summed E-state index contributed by atoms with van der Waals surface area (Å²) in [4.78, 5) is 22.5. The minimum atomic E-state index is -0.505. The van der Waals surface area contributed by atoms with Crippen LogP contribution in [-0.4, -0.2) is 25.2 Å². The average Bonchev–Trinajstić information content (AvgIpc) is 3.15. The monoisotopic (exact) mass is 248 g/mol. The van der Waals surface area contributed by atoms with Crippen LogP contribution in [-0.2, 0) is 16.0 Å². The summed E-state index contributed by atoms with van der Waals surface area (Å²) < 4.78 is 4.49. The van der Waals surface area contributed by atoms with Crippen molar-refractivity contribution >= 4 is 17.7 Å². The van der Waals surface area contributed by atoms with Gasteiger partial charge in [-0.2, -0.15) is 0 Å². The van der Waals surface area contributed by atoms with Crippen LogP contribution in [0, 0.1) is 0 Å². The fraction of sp³-hybridized carbons (Fsp3) is 0.385. The number of hydrogen-bond acceptors (Lipinski definition) is 3. The average molecular weight is 248 g/mol. The SMILES string of the molecule is COC(=O)Nc1ccc(CC(=O)NC2CC2)cc1. The van der Waals surface area contributed by atoms with Gasteiger partial charge in [0.05, 0.1) is 13.5 Å². The number of benzene rings is 1. The lowest BCUT2D eigenvalue weighted by Crippen LogP contribution is -2.26. The molecule has 5 heteroatoms. The van der Waals surface area contributed by atoms with E-state index in [1.54, 1.807) is 12.1 Å². The van der Waals surface area contributed by atoms with Crippen LogP contribution in [0.3, 0.4) is 0 Å². The van der Waals surface area contributed by atoms with Crippen LogP contribution in [0.25, 0.3) is 0 Å². The van der Waals surface area contributed by atoms with Gasteiger partial charge < -0.3 is 10.1 Å². The Labute approximate surface area is 106 Å². The Morgan fingerprint density at radius 3 is 2.50 bits per heavy atom. The topological polar surface area (TPSA) is 67.4 Å². The van der Waals surface area contributed by atoms with Gasteiger partial charge in [0.25, 0.3) is 0 Å². The number of carbonyl (C=O) groups excluding carboxylic acids is 2. The summed E-state index contributed by atoms with van der Waals surface area (Å²) in [6.07, 6.45) is 2.05. The first-order chi connectivity index (χ1) is 8.67. The van der Waals surface area contributed by atoms with Crippen molar-refractivity contribution in [1.82, 2.24) is 5.32 Å². The van der Waals surface area contributed by atoms with Crippen LogP contribution in [0.5, 0.6) is 0 Å². The highest BCUT2D eigenvalue weighted by Crippen LogP contribution is 2.19. The summed E-state index contributed by atoms with van der Waals surface area (Å²) in [6.45, 7) is 0. The van der Waals surface area contributed by atoms with E-state index in [0.717, 1.165) is 18.4 Å². The van der Waals surface area contributed by atoms with E-state index in [1.165, 1.54) is 7.11 Å². The van der Waals surface area contributed by atoms with Gasteiger partial charge in [0.1, 0.15) is 0 Å². The van der Waals surface area contributed by atoms with Gasteiger partial charge in [-0.15, -0.1) is 0 Å². The number of methoxy groups -OCH3 is 1. The van der Waals surface area contributed by atoms with Crippen LogP contribution >= 0.6 is 0 Å². The number of hydrogen-bond donors (Lipinski definition) is 2. The molecule has 2 rings (SSSR count). The first-order valence-corrected chi connectivity index (χ1v) is 5.90. The highest BCUT2D eigenvalue weighted by Gasteiger charge is 2.22. The summed E-state index contributed by atoms with van der Waals surface area (Å²) in [5.41, 5.74) is 1.57. The molecule has 0 atom stereocenters. The summed E-state index contributed by atoms with van der Waals surface area (Å²) in [7, 11) is 1.31. The zero-order valence-electron chi connectivity index (χ0n) is 10.2. The van der Waals surface area contributed by atoms with E-state index in [4.69, 9.17) is 0 Å². The smallest absolute Gasteiger partial charge is 0.411 e. The van der Waals surface area contributed by atoms with Gasteiger partial charge in [0, 0.05) is 11.7 Å². The molecule has 0 aromatic heterocycles. The van der Waals surface area contributed by atoms with Crippen molar-refractivity contribution in [3.05, 3.63) is 29.8 Å². The molecule has 0 heterocycles. The maximum atomic E-state index is 11.6. The number of ether oxygens (including phenoxy) is 1. The highest BCUT2D eigenvalue weighted by molar-refractivity contribution is 5.84. The molecule has 1 aliphatic rings. The van der Waals surface area contributed by atoms with Crippen LogP contribution in [0.15, 0.2) is 24.3 Å². The van der Waals surface area contributed by atoms with E-state index in [0.29, 0.717) is 18.2 Å². The lowest BCUT2D eigenvalue weighted by Gasteiger charge is -2.06. The van der Waals surface area contributed by atoms with Crippen molar-refractivity contribution in [2.45, 2.75) is 25.3 Å². The fourth-order valence-electron chi connectivity index (χ4n) is 1.57. The minimum Gasteiger partial charge on any atom is -0.453 e. The highest BCUT2D eigenvalue weighted by atomic mass is 16.5. The normalized spacial score (nSPS) is 13.8. The number of rotatable bonds is 4. The molecule has 2 amide bonds. The van der Waals surface area contributed by atoms with E-state index in [1.807, 2.05) is 12.1 Å². The van der Waals surface area contributed by atoms with Gasteiger partial charge in [-0.1, -0.05) is 12.1 Å². The molecule has 1 fully saturated rings. The number of amides is 2. The van der Waals surface area contributed by atoms with Gasteiger partial charge >= 0.3 is 6.09 Å². The Hall–Kier alpha value is -2.04. The second-order valence-electron chi connectivity index (χ2n) is 4.33. The number of nitrogens with one attached hydrogen (secondary N) is 2. The summed E-state index contributed by atoms with van der Waals surface area (Å²) in [5.74, 6) is 0.0474. The second kappa shape index (κ2) is 5.53. The van der Waals surface area contributed by atoms with Crippen LogP contribution in [0.2, 0.25) is 0 Å². The molecular formula is C13H16N2O3. The Morgan fingerprint density at radius 1 is 1.28 bits per heavy atom. The predicted molar refractivity (Wildman–Crippen MR) is 67.3 cm³/mol. The molecule has 0 unspecified atom stereocenters. The molecule has 1 aromatic carbocycles. The Bertz CT molecular complexity index is 438. The molecular weight excluding hydrogens is 232 g/mol. The van der Waals surface area contributed by atoms with Crippen molar-refractivity contribution in [2.75, 3.05) is 12.4 Å². The zero-order valence-corrected chi connectivity index (χ0v) is 10.2. The molecule has 0 spiro atoms. The van der Waals surface area contributed by atoms with Crippen LogP contribution in [0.1, 0.15) is 18.4 Å². The second-order valence-corrected chi connectivity index (χ2v) is 4.33. The van der Waals surface area contributed by atoms with Crippen molar-refractivity contribution in [3.63, 3.8) is 0 Å². The van der Waals surface area contributed by atoms with Crippen molar-refractivity contribution in [2.24, 2.45) is 0 Å². The van der Waals surface area contributed by atoms with Gasteiger partial charge in [0.2, 0.25) is 5.91 Å². The third-order valence-corrected chi connectivity index (χ3v) is 2.69. The third kappa shape index (κ3) is 3.76. The zero-order chi connectivity index (χ0) is 13.0. The van der Waals surface area contributed by atoms with E-state index in [-0.39, 0.29) is 5.91 Å². The molecule has 2 N–H and O–H groups in total. The van der Waals surface area contributed by atoms with Crippen molar-refractivity contribution in [3.8, 4) is 0 Å². The van der Waals surface area contributed by atoms with Crippen molar-refractivity contribution in [1.29, 1.82) is 0 Å². The predicted octanol–water partition coefficient (Wildman–Crippen LogP) is 1.69. The molecule has 0 aliphatic heterocycles. The van der Waals surface area contributed by atoms with Gasteiger partial charge in [-0.25, -0.2) is 4.79 Å². The molecule has 1 aromatic rings. The first kappa shape index (κ1) is 12.4. The van der Waals surface area contributed by atoms with E-state index < -0.39 is 6.09 Å². The van der Waals surface area contributed by atoms with Crippen LogP contribution in [0.4, 0.5) is 10.5 Å². The first-order valence-electron chi connectivity index (χ1n) is 5.90. The molecule has 1 saturated carbocycles. The van der Waals surface area contributed by atoms with Gasteiger partial charge in [-0.3, -0.25) is 10.1 Å². The number of carbonyl (C=O) groups is 2.